The molecule has 0 saturated carbocycles. The van der Waals surface area contributed by atoms with Crippen LogP contribution in [0.3, 0.4) is 0 Å². The zero-order valence-corrected chi connectivity index (χ0v) is 20.0. The average Bonchev–Trinajstić information content (AvgIpc) is 2.82. The Morgan fingerprint density at radius 1 is 0.824 bits per heavy atom. The zero-order valence-electron chi connectivity index (χ0n) is 19.3. The van der Waals surface area contributed by atoms with E-state index in [1.807, 2.05) is 0 Å². The fraction of sp³-hybridized carbons (Fsp3) is 0.273. The molecule has 0 atom stereocenters. The van der Waals surface area contributed by atoms with Crippen LogP contribution in [-0.4, -0.2) is 51.9 Å². The summed E-state index contributed by atoms with van der Waals surface area (Å²) in [5.74, 6) is -0.956. The van der Waals surface area contributed by atoms with E-state index in [0.717, 1.165) is 0 Å². The maximum absolute atomic E-state index is 12.4. The molecule has 182 valence electrons. The van der Waals surface area contributed by atoms with Crippen molar-refractivity contribution in [2.75, 3.05) is 39.1 Å². The van der Waals surface area contributed by atoms with Gasteiger partial charge in [0.1, 0.15) is 23.0 Å². The Hall–Kier alpha value is -3.99. The van der Waals surface area contributed by atoms with E-state index in [-0.39, 0.29) is 17.8 Å². The van der Waals surface area contributed by atoms with Gasteiger partial charge in [0.2, 0.25) is 5.91 Å². The third kappa shape index (κ3) is 7.01. The molecule has 0 fully saturated rings. The van der Waals surface area contributed by atoms with Crippen molar-refractivity contribution in [3.05, 3.63) is 35.4 Å². The number of hydrogen-bond donors (Lipinski definition) is 3. The number of halogens is 1. The van der Waals surface area contributed by atoms with Crippen LogP contribution in [-0.2, 0) is 14.4 Å². The van der Waals surface area contributed by atoms with E-state index < -0.39 is 17.7 Å². The van der Waals surface area contributed by atoms with Crippen LogP contribution in [0.2, 0.25) is 5.02 Å². The number of amides is 3. The summed E-state index contributed by atoms with van der Waals surface area (Å²) in [6.07, 6.45) is -0.167. The van der Waals surface area contributed by atoms with E-state index >= 15 is 0 Å². The third-order valence-electron chi connectivity index (χ3n) is 4.37. The number of hydrogen-bond acceptors (Lipinski definition) is 8. The molecular weight excluding hydrogens is 468 g/mol. The number of methoxy groups -OCH3 is 4. The van der Waals surface area contributed by atoms with Crippen LogP contribution in [0.1, 0.15) is 13.3 Å². The van der Waals surface area contributed by atoms with Crippen LogP contribution in [0.15, 0.2) is 35.4 Å². The molecule has 0 saturated heterocycles. The van der Waals surface area contributed by atoms with Gasteiger partial charge in [0.25, 0.3) is 0 Å². The molecule has 11 nitrogen and oxygen atoms in total. The minimum Gasteiger partial charge on any atom is -0.497 e. The standard InChI is InChI=1S/C22H25ClN4O7/c1-12(8-20(28)24-16-11-18(33-4)14(23)10-19(16)34-5)26-27-22(30)21(29)25-15-9-13(31-2)6-7-17(15)32-3/h6-7,9-11H,8H2,1-5H3,(H,24,28)(H,25,29)(H,27,30). The first kappa shape index (κ1) is 26.3. The molecule has 34 heavy (non-hydrogen) atoms. The SMILES string of the molecule is COc1ccc(OC)c(NC(=O)C(=O)NN=C(C)CC(=O)Nc2cc(OC)c(Cl)cc2OC)c1. The summed E-state index contributed by atoms with van der Waals surface area (Å²) in [4.78, 5) is 36.7. The van der Waals surface area contributed by atoms with E-state index in [9.17, 15) is 14.4 Å². The molecule has 0 bridgehead atoms. The highest BCUT2D eigenvalue weighted by Gasteiger charge is 2.17. The average molecular weight is 493 g/mol. The normalized spacial score (nSPS) is 10.7. The van der Waals surface area contributed by atoms with Crippen molar-refractivity contribution in [1.82, 2.24) is 5.43 Å². The van der Waals surface area contributed by atoms with E-state index in [0.29, 0.717) is 33.7 Å². The number of rotatable bonds is 9. The summed E-state index contributed by atoms with van der Waals surface area (Å²) in [6, 6.07) is 7.75. The van der Waals surface area contributed by atoms with E-state index in [2.05, 4.69) is 21.2 Å². The molecule has 3 N–H and O–H groups in total. The maximum Gasteiger partial charge on any atom is 0.329 e. The van der Waals surface area contributed by atoms with Crippen molar-refractivity contribution in [3.63, 3.8) is 0 Å². The predicted octanol–water partition coefficient (Wildman–Crippen LogP) is 2.83. The number of nitrogens with zero attached hydrogens (tertiary/aromatic N) is 1. The van der Waals surface area contributed by atoms with Crippen molar-refractivity contribution < 1.29 is 33.3 Å². The molecule has 0 radical (unpaired) electrons. The first-order valence-corrected chi connectivity index (χ1v) is 10.2. The van der Waals surface area contributed by atoms with Crippen LogP contribution in [0.4, 0.5) is 11.4 Å². The number of carbonyl (C=O) groups is 3. The highest BCUT2D eigenvalue weighted by molar-refractivity contribution is 6.39. The fourth-order valence-corrected chi connectivity index (χ4v) is 2.94. The Bertz CT molecular complexity index is 1100. The Labute approximate surface area is 201 Å². The predicted molar refractivity (Wildman–Crippen MR) is 127 cm³/mol. The molecule has 0 aliphatic heterocycles. The molecule has 2 rings (SSSR count). The van der Waals surface area contributed by atoms with Crippen molar-refractivity contribution in [3.8, 4) is 23.0 Å². The van der Waals surface area contributed by atoms with Gasteiger partial charge in [-0.05, 0) is 19.1 Å². The van der Waals surface area contributed by atoms with Gasteiger partial charge >= 0.3 is 11.8 Å². The zero-order chi connectivity index (χ0) is 25.3. The van der Waals surface area contributed by atoms with Crippen molar-refractivity contribution >= 4 is 46.4 Å². The smallest absolute Gasteiger partial charge is 0.329 e. The third-order valence-corrected chi connectivity index (χ3v) is 4.67. The molecule has 0 aliphatic carbocycles. The number of ether oxygens (including phenoxy) is 4. The fourth-order valence-electron chi connectivity index (χ4n) is 2.71. The van der Waals surface area contributed by atoms with E-state index in [4.69, 9.17) is 30.5 Å². The Morgan fingerprint density at radius 3 is 2.09 bits per heavy atom. The lowest BCUT2D eigenvalue weighted by atomic mass is 10.2. The van der Waals surface area contributed by atoms with E-state index in [1.54, 1.807) is 12.1 Å². The van der Waals surface area contributed by atoms with Crippen LogP contribution < -0.4 is 35.0 Å². The van der Waals surface area contributed by atoms with Crippen LogP contribution in [0.5, 0.6) is 23.0 Å². The molecule has 3 amide bonds. The quantitative estimate of drug-likeness (QED) is 0.278. The molecule has 2 aromatic rings. The van der Waals surface area contributed by atoms with E-state index in [1.165, 1.54) is 53.6 Å². The van der Waals surface area contributed by atoms with Gasteiger partial charge in [-0.15, -0.1) is 0 Å². The van der Waals surface area contributed by atoms with Gasteiger partial charge in [-0.2, -0.15) is 5.10 Å². The lowest BCUT2D eigenvalue weighted by Crippen LogP contribution is -2.33. The van der Waals surface area contributed by atoms with Crippen LogP contribution >= 0.6 is 11.6 Å². The molecule has 0 aromatic heterocycles. The Morgan fingerprint density at radius 2 is 1.47 bits per heavy atom. The lowest BCUT2D eigenvalue weighted by Gasteiger charge is -2.13. The Kier molecular flexibility index (Phi) is 9.50. The molecule has 0 aliphatic rings. The van der Waals surface area contributed by atoms with Gasteiger partial charge in [-0.1, -0.05) is 11.6 Å². The summed E-state index contributed by atoms with van der Waals surface area (Å²) in [5.41, 5.74) is 2.95. The second-order valence-corrected chi connectivity index (χ2v) is 7.13. The largest absolute Gasteiger partial charge is 0.497 e. The van der Waals surface area contributed by atoms with Gasteiger partial charge in [0, 0.05) is 23.9 Å². The van der Waals surface area contributed by atoms with Gasteiger partial charge in [0.05, 0.1) is 51.3 Å². The maximum atomic E-state index is 12.4. The molecule has 12 heteroatoms. The molecular formula is C22H25ClN4O7. The number of hydrazone groups is 1. The summed E-state index contributed by atoms with van der Waals surface area (Å²) in [5, 5.41) is 9.20. The molecule has 0 unspecified atom stereocenters. The number of nitrogens with one attached hydrogen (secondary N) is 3. The second kappa shape index (κ2) is 12.3. The number of carbonyl (C=O) groups excluding carboxylic acids is 3. The van der Waals surface area contributed by atoms with Gasteiger partial charge < -0.3 is 29.6 Å². The first-order chi connectivity index (χ1) is 16.2. The molecule has 0 spiro atoms. The van der Waals surface area contributed by atoms with Gasteiger partial charge in [-0.3, -0.25) is 14.4 Å². The topological polar surface area (TPSA) is 137 Å². The number of anilines is 2. The van der Waals surface area contributed by atoms with Crippen LogP contribution in [0.25, 0.3) is 0 Å². The summed E-state index contributed by atoms with van der Waals surface area (Å²) in [7, 11) is 5.76. The summed E-state index contributed by atoms with van der Waals surface area (Å²) >= 11 is 6.06. The minimum atomic E-state index is -1.03. The van der Waals surface area contributed by atoms with Gasteiger partial charge in [-0.25, -0.2) is 5.43 Å². The second-order valence-electron chi connectivity index (χ2n) is 6.72. The lowest BCUT2D eigenvalue weighted by molar-refractivity contribution is -0.136. The summed E-state index contributed by atoms with van der Waals surface area (Å²) in [6.45, 7) is 1.52. The highest BCUT2D eigenvalue weighted by atomic mass is 35.5. The molecule has 2 aromatic carbocycles. The van der Waals surface area contributed by atoms with Crippen molar-refractivity contribution in [2.45, 2.75) is 13.3 Å². The monoisotopic (exact) mass is 492 g/mol. The van der Waals surface area contributed by atoms with Crippen molar-refractivity contribution in [1.29, 1.82) is 0 Å². The van der Waals surface area contributed by atoms with Crippen LogP contribution in [0, 0.1) is 0 Å². The van der Waals surface area contributed by atoms with Gasteiger partial charge in [0.15, 0.2) is 0 Å². The first-order valence-electron chi connectivity index (χ1n) is 9.80. The number of benzene rings is 2. The van der Waals surface area contributed by atoms with Crippen molar-refractivity contribution in [2.24, 2.45) is 5.10 Å². The Balaban J connectivity index is 1.98. The summed E-state index contributed by atoms with van der Waals surface area (Å²) < 4.78 is 20.6. The minimum absolute atomic E-state index is 0.167. The highest BCUT2D eigenvalue weighted by Crippen LogP contribution is 2.36. The molecule has 0 heterocycles.